The average molecular weight is 450 g/mol. The fourth-order valence-electron chi connectivity index (χ4n) is 2.95. The Hall–Kier alpha value is -1.91. The van der Waals surface area contributed by atoms with Crippen LogP contribution in [0.15, 0.2) is 23.1 Å². The molecule has 0 bridgehead atoms. The summed E-state index contributed by atoms with van der Waals surface area (Å²) in [7, 11) is -3.86. The molecule has 1 saturated heterocycles. The van der Waals surface area contributed by atoms with Crippen molar-refractivity contribution in [1.29, 1.82) is 0 Å². The van der Waals surface area contributed by atoms with Gasteiger partial charge in [-0.25, -0.2) is 17.6 Å². The molecular formula is C18H25ClFN3O5S. The van der Waals surface area contributed by atoms with Crippen LogP contribution in [0, 0.1) is 11.7 Å². The molecule has 1 N–H and O–H groups in total. The van der Waals surface area contributed by atoms with E-state index in [4.69, 9.17) is 16.3 Å². The van der Waals surface area contributed by atoms with Crippen molar-refractivity contribution in [2.45, 2.75) is 31.7 Å². The smallest absolute Gasteiger partial charge is 0.407 e. The summed E-state index contributed by atoms with van der Waals surface area (Å²) in [4.78, 5) is 25.9. The predicted octanol–water partition coefficient (Wildman–Crippen LogP) is 2.08. The molecule has 1 unspecified atom stereocenters. The number of benzene rings is 1. The van der Waals surface area contributed by atoms with Crippen LogP contribution in [0.5, 0.6) is 0 Å². The number of hydrogen-bond acceptors (Lipinski definition) is 5. The number of nitrogens with one attached hydrogen (secondary N) is 1. The first-order chi connectivity index (χ1) is 13.6. The molecule has 0 aromatic heterocycles. The summed E-state index contributed by atoms with van der Waals surface area (Å²) in [5.74, 6) is -1.17. The van der Waals surface area contributed by atoms with Crippen LogP contribution in [0.2, 0.25) is 5.02 Å². The number of rotatable bonds is 6. The van der Waals surface area contributed by atoms with E-state index < -0.39 is 28.0 Å². The monoisotopic (exact) mass is 449 g/mol. The molecule has 11 heteroatoms. The van der Waals surface area contributed by atoms with Gasteiger partial charge >= 0.3 is 6.09 Å². The number of carbonyl (C=O) groups excluding carboxylic acids is 2. The second kappa shape index (κ2) is 9.73. The molecule has 0 radical (unpaired) electrons. The second-order valence-corrected chi connectivity index (χ2v) is 9.24. The summed E-state index contributed by atoms with van der Waals surface area (Å²) >= 11 is 5.70. The van der Waals surface area contributed by atoms with E-state index >= 15 is 0 Å². The minimum Gasteiger partial charge on any atom is -0.450 e. The number of amides is 2. The highest BCUT2D eigenvalue weighted by Gasteiger charge is 2.34. The van der Waals surface area contributed by atoms with Gasteiger partial charge in [-0.05, 0) is 31.0 Å². The highest BCUT2D eigenvalue weighted by atomic mass is 35.5. The molecule has 1 atom stereocenters. The molecule has 1 fully saturated rings. The maximum absolute atomic E-state index is 13.3. The van der Waals surface area contributed by atoms with Gasteiger partial charge in [-0.3, -0.25) is 4.79 Å². The highest BCUT2D eigenvalue weighted by Crippen LogP contribution is 2.23. The zero-order valence-corrected chi connectivity index (χ0v) is 18.1. The molecule has 0 saturated carbocycles. The third kappa shape index (κ3) is 5.58. The Kier molecular flexibility index (Phi) is 7.84. The number of hydrogen-bond donors (Lipinski definition) is 1. The topological polar surface area (TPSA) is 96.0 Å². The minimum atomic E-state index is -3.86. The SMILES string of the molecule is CCOC(=O)NC(C(=O)N1CCN(S(=O)(=O)c2ccc(F)c(Cl)c2)CC1)C(C)C. The van der Waals surface area contributed by atoms with Gasteiger partial charge in [0, 0.05) is 26.2 Å². The van der Waals surface area contributed by atoms with Crippen LogP contribution in [0.4, 0.5) is 9.18 Å². The second-order valence-electron chi connectivity index (χ2n) is 6.89. The van der Waals surface area contributed by atoms with E-state index in [0.29, 0.717) is 0 Å². The summed E-state index contributed by atoms with van der Waals surface area (Å²) in [6.45, 7) is 5.94. The molecule has 8 nitrogen and oxygen atoms in total. The first kappa shape index (κ1) is 23.4. The number of carbonyl (C=O) groups is 2. The van der Waals surface area contributed by atoms with E-state index in [-0.39, 0.29) is 54.5 Å². The van der Waals surface area contributed by atoms with Gasteiger partial charge in [-0.1, -0.05) is 25.4 Å². The summed E-state index contributed by atoms with van der Waals surface area (Å²) in [5.41, 5.74) is 0. The summed E-state index contributed by atoms with van der Waals surface area (Å²) < 4.78 is 44.9. The Bertz CT molecular complexity index is 857. The fraction of sp³-hybridized carbons (Fsp3) is 0.556. The summed E-state index contributed by atoms with van der Waals surface area (Å²) in [5, 5.41) is 2.29. The number of halogens is 2. The molecule has 1 aromatic rings. The van der Waals surface area contributed by atoms with Crippen molar-refractivity contribution in [3.05, 3.63) is 29.0 Å². The normalized spacial score (nSPS) is 16.6. The molecule has 2 rings (SSSR count). The maximum Gasteiger partial charge on any atom is 0.407 e. The van der Waals surface area contributed by atoms with Gasteiger partial charge in [0.05, 0.1) is 16.5 Å². The van der Waals surface area contributed by atoms with Gasteiger partial charge in [0.25, 0.3) is 0 Å². The molecule has 1 heterocycles. The number of piperazine rings is 1. The third-order valence-corrected chi connectivity index (χ3v) is 6.74. The Morgan fingerprint density at radius 2 is 1.86 bits per heavy atom. The highest BCUT2D eigenvalue weighted by molar-refractivity contribution is 7.89. The Labute approximate surface area is 175 Å². The molecule has 1 aromatic carbocycles. The van der Waals surface area contributed by atoms with E-state index in [0.717, 1.165) is 18.2 Å². The van der Waals surface area contributed by atoms with Crippen LogP contribution < -0.4 is 5.32 Å². The summed E-state index contributed by atoms with van der Waals surface area (Å²) in [6.07, 6.45) is -0.672. The van der Waals surface area contributed by atoms with Crippen molar-refractivity contribution in [1.82, 2.24) is 14.5 Å². The van der Waals surface area contributed by atoms with E-state index in [9.17, 15) is 22.4 Å². The number of ether oxygens (including phenoxy) is 1. The molecule has 29 heavy (non-hydrogen) atoms. The average Bonchev–Trinajstić information content (AvgIpc) is 2.67. The molecule has 1 aliphatic rings. The number of alkyl carbamates (subject to hydrolysis) is 1. The van der Waals surface area contributed by atoms with Crippen molar-refractivity contribution in [3.63, 3.8) is 0 Å². The zero-order chi connectivity index (χ0) is 21.8. The predicted molar refractivity (Wildman–Crippen MR) is 106 cm³/mol. The molecule has 0 spiro atoms. The van der Waals surface area contributed by atoms with Crippen molar-refractivity contribution in [2.24, 2.45) is 5.92 Å². The third-order valence-electron chi connectivity index (χ3n) is 4.56. The van der Waals surface area contributed by atoms with Gasteiger partial charge in [-0.2, -0.15) is 4.31 Å². The number of sulfonamides is 1. The van der Waals surface area contributed by atoms with Crippen LogP contribution in [-0.2, 0) is 19.6 Å². The lowest BCUT2D eigenvalue weighted by Crippen LogP contribution is -2.57. The maximum atomic E-state index is 13.3. The van der Waals surface area contributed by atoms with Crippen LogP contribution >= 0.6 is 11.6 Å². The van der Waals surface area contributed by atoms with Crippen LogP contribution in [-0.4, -0.2) is 68.5 Å². The Morgan fingerprint density at radius 3 is 2.38 bits per heavy atom. The molecular weight excluding hydrogens is 425 g/mol. The van der Waals surface area contributed by atoms with E-state index in [1.165, 1.54) is 9.21 Å². The Balaban J connectivity index is 2.05. The van der Waals surface area contributed by atoms with Crippen molar-refractivity contribution >= 4 is 33.6 Å². The van der Waals surface area contributed by atoms with E-state index in [1.54, 1.807) is 20.8 Å². The van der Waals surface area contributed by atoms with Gasteiger partial charge in [0.2, 0.25) is 15.9 Å². The van der Waals surface area contributed by atoms with Crippen molar-refractivity contribution in [2.75, 3.05) is 32.8 Å². The summed E-state index contributed by atoms with van der Waals surface area (Å²) in [6, 6.07) is 2.46. The zero-order valence-electron chi connectivity index (χ0n) is 16.5. The van der Waals surface area contributed by atoms with Crippen molar-refractivity contribution in [3.8, 4) is 0 Å². The van der Waals surface area contributed by atoms with Crippen LogP contribution in [0.25, 0.3) is 0 Å². The first-order valence-electron chi connectivity index (χ1n) is 9.25. The van der Waals surface area contributed by atoms with Crippen molar-refractivity contribution < 1.29 is 27.1 Å². The molecule has 0 aliphatic carbocycles. The largest absolute Gasteiger partial charge is 0.450 e. The lowest BCUT2D eigenvalue weighted by atomic mass is 10.0. The van der Waals surface area contributed by atoms with Gasteiger partial charge in [0.15, 0.2) is 0 Å². The van der Waals surface area contributed by atoms with Gasteiger partial charge < -0.3 is 15.0 Å². The first-order valence-corrected chi connectivity index (χ1v) is 11.1. The minimum absolute atomic E-state index is 0.0767. The van der Waals surface area contributed by atoms with Crippen LogP contribution in [0.1, 0.15) is 20.8 Å². The lowest BCUT2D eigenvalue weighted by molar-refractivity contribution is -0.135. The Morgan fingerprint density at radius 1 is 1.24 bits per heavy atom. The van der Waals surface area contributed by atoms with Gasteiger partial charge in [-0.15, -0.1) is 0 Å². The van der Waals surface area contributed by atoms with Gasteiger partial charge in [0.1, 0.15) is 11.9 Å². The van der Waals surface area contributed by atoms with Crippen LogP contribution in [0.3, 0.4) is 0 Å². The molecule has 1 aliphatic heterocycles. The quantitative estimate of drug-likeness (QED) is 0.717. The lowest BCUT2D eigenvalue weighted by Gasteiger charge is -2.36. The fourth-order valence-corrected chi connectivity index (χ4v) is 4.64. The van der Waals surface area contributed by atoms with E-state index in [2.05, 4.69) is 5.32 Å². The number of nitrogens with zero attached hydrogens (tertiary/aromatic N) is 2. The van der Waals surface area contributed by atoms with E-state index in [1.807, 2.05) is 0 Å². The standard InChI is InChI=1S/C18H25ClFN3O5S/c1-4-28-18(25)21-16(12(2)3)17(24)22-7-9-23(10-8-22)29(26,27)13-5-6-15(20)14(19)11-13/h5-6,11-12,16H,4,7-10H2,1-3H3,(H,21,25). The molecule has 162 valence electrons. The molecule has 2 amide bonds.